The summed E-state index contributed by atoms with van der Waals surface area (Å²) >= 11 is 0. The van der Waals surface area contributed by atoms with Gasteiger partial charge < -0.3 is 9.84 Å². The van der Waals surface area contributed by atoms with E-state index in [9.17, 15) is 4.79 Å². The third-order valence-corrected chi connectivity index (χ3v) is 3.42. The summed E-state index contributed by atoms with van der Waals surface area (Å²) in [6, 6.07) is 11.5. The van der Waals surface area contributed by atoms with Crippen molar-refractivity contribution in [3.63, 3.8) is 0 Å². The molecule has 0 unspecified atom stereocenters. The van der Waals surface area contributed by atoms with Crippen molar-refractivity contribution < 1.29 is 9.32 Å². The van der Waals surface area contributed by atoms with E-state index in [0.717, 1.165) is 5.56 Å². The molecule has 0 spiro atoms. The molecule has 23 heavy (non-hydrogen) atoms. The zero-order chi connectivity index (χ0) is 16.6. The van der Waals surface area contributed by atoms with E-state index in [1.165, 1.54) is 0 Å². The van der Waals surface area contributed by atoms with Gasteiger partial charge in [0.15, 0.2) is 0 Å². The first kappa shape index (κ1) is 15.2. The SMILES string of the molecule is Cc1noc2nc(-c3ccccc3)cc(C(=O)NC(C)(C)C)c12. The Balaban J connectivity index is 2.18. The number of carbonyl (C=O) groups is 1. The minimum Gasteiger partial charge on any atom is -0.347 e. The summed E-state index contributed by atoms with van der Waals surface area (Å²) in [4.78, 5) is 17.2. The molecule has 2 aromatic heterocycles. The third kappa shape index (κ3) is 3.08. The molecule has 0 radical (unpaired) electrons. The van der Waals surface area contributed by atoms with Crippen LogP contribution in [0, 0.1) is 6.92 Å². The minimum absolute atomic E-state index is 0.159. The Morgan fingerprint density at radius 3 is 2.52 bits per heavy atom. The second-order valence-corrected chi connectivity index (χ2v) is 6.57. The molecule has 0 aliphatic carbocycles. The van der Waals surface area contributed by atoms with Crippen LogP contribution in [0.2, 0.25) is 0 Å². The van der Waals surface area contributed by atoms with Crippen LogP contribution in [0.25, 0.3) is 22.4 Å². The lowest BCUT2D eigenvalue weighted by molar-refractivity contribution is 0.0921. The molecule has 0 aliphatic heterocycles. The van der Waals surface area contributed by atoms with Crippen molar-refractivity contribution >= 4 is 17.0 Å². The standard InChI is InChI=1S/C18H19N3O2/c1-11-15-13(16(22)20-18(2,3)4)10-14(19-17(15)23-21-11)12-8-6-5-7-9-12/h5-10H,1-4H3,(H,20,22). The molecule has 1 amide bonds. The fourth-order valence-electron chi connectivity index (χ4n) is 2.44. The number of hydrogen-bond donors (Lipinski definition) is 1. The van der Waals surface area contributed by atoms with Crippen LogP contribution in [0.5, 0.6) is 0 Å². The first-order valence-electron chi connectivity index (χ1n) is 7.50. The fourth-order valence-corrected chi connectivity index (χ4v) is 2.44. The van der Waals surface area contributed by atoms with Gasteiger partial charge in [0.25, 0.3) is 11.6 Å². The minimum atomic E-state index is -0.329. The molecule has 1 aromatic carbocycles. The van der Waals surface area contributed by atoms with E-state index in [1.54, 1.807) is 6.07 Å². The van der Waals surface area contributed by atoms with E-state index in [0.29, 0.717) is 28.1 Å². The largest absolute Gasteiger partial charge is 0.347 e. The van der Waals surface area contributed by atoms with Crippen LogP contribution < -0.4 is 5.32 Å². The summed E-state index contributed by atoms with van der Waals surface area (Å²) in [5.41, 5.74) is 2.85. The molecule has 2 heterocycles. The smallest absolute Gasteiger partial charge is 0.259 e. The van der Waals surface area contributed by atoms with Crippen LogP contribution in [0.1, 0.15) is 36.8 Å². The number of pyridine rings is 1. The van der Waals surface area contributed by atoms with Crippen molar-refractivity contribution in [2.45, 2.75) is 33.2 Å². The highest BCUT2D eigenvalue weighted by molar-refractivity contribution is 6.07. The Morgan fingerprint density at radius 2 is 1.87 bits per heavy atom. The molecule has 0 saturated heterocycles. The third-order valence-electron chi connectivity index (χ3n) is 3.42. The second-order valence-electron chi connectivity index (χ2n) is 6.57. The summed E-state index contributed by atoms with van der Waals surface area (Å²) < 4.78 is 5.29. The molecule has 0 saturated carbocycles. The van der Waals surface area contributed by atoms with Gasteiger partial charge in [0.05, 0.1) is 22.3 Å². The Bertz CT molecular complexity index is 861. The molecular formula is C18H19N3O2. The predicted octanol–water partition coefficient (Wildman–Crippen LogP) is 3.73. The Morgan fingerprint density at radius 1 is 1.17 bits per heavy atom. The number of nitrogens with one attached hydrogen (secondary N) is 1. The molecule has 0 atom stereocenters. The Hall–Kier alpha value is -2.69. The van der Waals surface area contributed by atoms with E-state index < -0.39 is 0 Å². The first-order chi connectivity index (χ1) is 10.8. The van der Waals surface area contributed by atoms with Gasteiger partial charge in [-0.1, -0.05) is 35.5 Å². The predicted molar refractivity (Wildman–Crippen MR) is 89.2 cm³/mol. The van der Waals surface area contributed by atoms with Crippen LogP contribution in [0.4, 0.5) is 0 Å². The average Bonchev–Trinajstić information content (AvgIpc) is 2.87. The highest BCUT2D eigenvalue weighted by Crippen LogP contribution is 2.27. The van der Waals surface area contributed by atoms with E-state index >= 15 is 0 Å². The van der Waals surface area contributed by atoms with Crippen molar-refractivity contribution in [2.24, 2.45) is 0 Å². The molecule has 0 fully saturated rings. The maximum Gasteiger partial charge on any atom is 0.259 e. The maximum atomic E-state index is 12.7. The molecular weight excluding hydrogens is 290 g/mol. The quantitative estimate of drug-likeness (QED) is 0.783. The second kappa shape index (κ2) is 5.50. The molecule has 1 N–H and O–H groups in total. The Kier molecular flexibility index (Phi) is 3.64. The normalized spacial score (nSPS) is 11.7. The summed E-state index contributed by atoms with van der Waals surface area (Å²) in [6.07, 6.45) is 0. The van der Waals surface area contributed by atoms with Crippen LogP contribution in [0.15, 0.2) is 40.9 Å². The molecule has 5 nitrogen and oxygen atoms in total. The zero-order valence-electron chi connectivity index (χ0n) is 13.7. The van der Waals surface area contributed by atoms with Gasteiger partial charge in [0, 0.05) is 11.1 Å². The van der Waals surface area contributed by atoms with E-state index in [-0.39, 0.29) is 11.4 Å². The van der Waals surface area contributed by atoms with Crippen LogP contribution in [-0.4, -0.2) is 21.6 Å². The first-order valence-corrected chi connectivity index (χ1v) is 7.50. The van der Waals surface area contributed by atoms with Gasteiger partial charge in [0.1, 0.15) is 0 Å². The number of rotatable bonds is 2. The van der Waals surface area contributed by atoms with Crippen molar-refractivity contribution in [1.29, 1.82) is 0 Å². The Labute approximate surface area is 134 Å². The van der Waals surface area contributed by atoms with E-state index in [1.807, 2.05) is 58.0 Å². The molecule has 0 aliphatic rings. The highest BCUT2D eigenvalue weighted by Gasteiger charge is 2.22. The summed E-state index contributed by atoms with van der Waals surface area (Å²) in [5.74, 6) is -0.159. The van der Waals surface area contributed by atoms with Gasteiger partial charge >= 0.3 is 0 Å². The van der Waals surface area contributed by atoms with Crippen molar-refractivity contribution in [2.75, 3.05) is 0 Å². The lowest BCUT2D eigenvalue weighted by Gasteiger charge is -2.20. The summed E-state index contributed by atoms with van der Waals surface area (Å²) in [5, 5.41) is 7.60. The lowest BCUT2D eigenvalue weighted by Crippen LogP contribution is -2.40. The van der Waals surface area contributed by atoms with Crippen LogP contribution >= 0.6 is 0 Å². The van der Waals surface area contributed by atoms with E-state index in [2.05, 4.69) is 15.5 Å². The molecule has 118 valence electrons. The number of aryl methyl sites for hydroxylation is 1. The number of carbonyl (C=O) groups excluding carboxylic acids is 1. The van der Waals surface area contributed by atoms with Crippen molar-refractivity contribution in [3.8, 4) is 11.3 Å². The maximum absolute atomic E-state index is 12.7. The number of aromatic nitrogens is 2. The summed E-state index contributed by atoms with van der Waals surface area (Å²) in [6.45, 7) is 7.65. The van der Waals surface area contributed by atoms with E-state index in [4.69, 9.17) is 4.52 Å². The number of hydrogen-bond acceptors (Lipinski definition) is 4. The average molecular weight is 309 g/mol. The number of fused-ring (bicyclic) bond motifs is 1. The molecule has 5 heteroatoms. The topological polar surface area (TPSA) is 68.0 Å². The van der Waals surface area contributed by atoms with Gasteiger partial charge in [-0.2, -0.15) is 0 Å². The number of amides is 1. The van der Waals surface area contributed by atoms with Crippen molar-refractivity contribution in [1.82, 2.24) is 15.5 Å². The zero-order valence-corrected chi connectivity index (χ0v) is 13.7. The van der Waals surface area contributed by atoms with Gasteiger partial charge in [-0.05, 0) is 33.8 Å². The van der Waals surface area contributed by atoms with Gasteiger partial charge in [0.2, 0.25) is 0 Å². The fraction of sp³-hybridized carbons (Fsp3) is 0.278. The number of nitrogens with zero attached hydrogens (tertiary/aromatic N) is 2. The molecule has 0 bridgehead atoms. The van der Waals surface area contributed by atoms with Crippen LogP contribution in [-0.2, 0) is 0 Å². The lowest BCUT2D eigenvalue weighted by atomic mass is 10.0. The highest BCUT2D eigenvalue weighted by atomic mass is 16.5. The molecule has 3 rings (SSSR count). The summed E-state index contributed by atoms with van der Waals surface area (Å²) in [7, 11) is 0. The van der Waals surface area contributed by atoms with Gasteiger partial charge in [-0.15, -0.1) is 0 Å². The molecule has 3 aromatic rings. The van der Waals surface area contributed by atoms with Crippen LogP contribution in [0.3, 0.4) is 0 Å². The van der Waals surface area contributed by atoms with Crippen molar-refractivity contribution in [3.05, 3.63) is 47.7 Å². The van der Waals surface area contributed by atoms with Gasteiger partial charge in [-0.3, -0.25) is 4.79 Å². The number of benzene rings is 1. The monoisotopic (exact) mass is 309 g/mol. The van der Waals surface area contributed by atoms with Gasteiger partial charge in [-0.25, -0.2) is 4.98 Å².